The van der Waals surface area contributed by atoms with Crippen LogP contribution >= 0.6 is 0 Å². The van der Waals surface area contributed by atoms with Gasteiger partial charge in [0.15, 0.2) is 5.76 Å². The van der Waals surface area contributed by atoms with Crippen molar-refractivity contribution in [3.63, 3.8) is 0 Å². The molecule has 0 radical (unpaired) electrons. The smallest absolute Gasteiger partial charge is 0.287 e. The predicted octanol–water partition coefficient (Wildman–Crippen LogP) is 2.35. The van der Waals surface area contributed by atoms with Gasteiger partial charge in [0.1, 0.15) is 0 Å². The zero-order valence-corrected chi connectivity index (χ0v) is 18.7. The van der Waals surface area contributed by atoms with Crippen LogP contribution in [0.15, 0.2) is 52.0 Å². The molecule has 1 saturated heterocycles. The van der Waals surface area contributed by atoms with Crippen LogP contribution < -0.4 is 10.6 Å². The Kier molecular flexibility index (Phi) is 7.50. The number of furan rings is 1. The summed E-state index contributed by atoms with van der Waals surface area (Å²) in [6, 6.07) is 10.2. The summed E-state index contributed by atoms with van der Waals surface area (Å²) in [4.78, 5) is 24.4. The minimum Gasteiger partial charge on any atom is -0.459 e. The summed E-state index contributed by atoms with van der Waals surface area (Å²) in [7, 11) is -3.56. The SMILES string of the molecule is CC(C)c1ccc(S(=O)(=O)N2CCC(C(=O)NCCNC(=O)c3ccco3)CC2)cc1. The largest absolute Gasteiger partial charge is 0.459 e. The van der Waals surface area contributed by atoms with Crippen LogP contribution in [-0.2, 0) is 14.8 Å². The quantitative estimate of drug-likeness (QED) is 0.604. The first-order valence-electron chi connectivity index (χ1n) is 10.5. The highest BCUT2D eigenvalue weighted by molar-refractivity contribution is 7.89. The molecule has 168 valence electrons. The minimum atomic E-state index is -3.56. The number of piperidine rings is 1. The Hall–Kier alpha value is -2.65. The first-order valence-corrected chi connectivity index (χ1v) is 11.9. The number of amides is 2. The fraction of sp³-hybridized carbons (Fsp3) is 0.455. The van der Waals surface area contributed by atoms with Gasteiger partial charge in [0.25, 0.3) is 5.91 Å². The third-order valence-corrected chi connectivity index (χ3v) is 7.38. The van der Waals surface area contributed by atoms with Gasteiger partial charge in [0.05, 0.1) is 11.2 Å². The lowest BCUT2D eigenvalue weighted by Gasteiger charge is -2.30. The lowest BCUT2D eigenvalue weighted by molar-refractivity contribution is -0.126. The fourth-order valence-electron chi connectivity index (χ4n) is 3.53. The van der Waals surface area contributed by atoms with E-state index in [9.17, 15) is 18.0 Å². The van der Waals surface area contributed by atoms with Crippen LogP contribution in [0.1, 0.15) is 48.7 Å². The first-order chi connectivity index (χ1) is 14.8. The highest BCUT2D eigenvalue weighted by Crippen LogP contribution is 2.25. The Bertz CT molecular complexity index is 977. The molecular formula is C22H29N3O5S. The molecule has 9 heteroatoms. The van der Waals surface area contributed by atoms with Crippen molar-refractivity contribution in [1.82, 2.24) is 14.9 Å². The third-order valence-electron chi connectivity index (χ3n) is 5.46. The molecule has 0 saturated carbocycles. The number of carbonyl (C=O) groups excluding carboxylic acids is 2. The molecule has 1 aliphatic heterocycles. The van der Waals surface area contributed by atoms with Crippen molar-refractivity contribution in [2.75, 3.05) is 26.2 Å². The normalized spacial score (nSPS) is 15.7. The van der Waals surface area contributed by atoms with Crippen molar-refractivity contribution in [2.45, 2.75) is 37.5 Å². The minimum absolute atomic E-state index is 0.120. The van der Waals surface area contributed by atoms with Gasteiger partial charge in [0.2, 0.25) is 15.9 Å². The van der Waals surface area contributed by atoms with E-state index in [1.807, 2.05) is 12.1 Å². The van der Waals surface area contributed by atoms with Gasteiger partial charge >= 0.3 is 0 Å². The summed E-state index contributed by atoms with van der Waals surface area (Å²) in [6.07, 6.45) is 2.35. The van der Waals surface area contributed by atoms with Gasteiger partial charge in [-0.15, -0.1) is 0 Å². The molecule has 1 fully saturated rings. The van der Waals surface area contributed by atoms with Gasteiger partial charge in [-0.1, -0.05) is 26.0 Å². The molecule has 0 aliphatic carbocycles. The molecule has 2 N–H and O–H groups in total. The molecule has 0 spiro atoms. The maximum absolute atomic E-state index is 12.9. The van der Waals surface area contributed by atoms with Crippen molar-refractivity contribution in [1.29, 1.82) is 0 Å². The second-order valence-corrected chi connectivity index (χ2v) is 9.86. The Morgan fingerprint density at radius 1 is 1.06 bits per heavy atom. The second-order valence-electron chi connectivity index (χ2n) is 7.93. The topological polar surface area (TPSA) is 109 Å². The molecule has 8 nitrogen and oxygen atoms in total. The average molecular weight is 448 g/mol. The molecule has 0 bridgehead atoms. The lowest BCUT2D eigenvalue weighted by atomic mass is 9.97. The summed E-state index contributed by atoms with van der Waals surface area (Å²) < 4.78 is 32.2. The van der Waals surface area contributed by atoms with E-state index in [2.05, 4.69) is 24.5 Å². The molecule has 3 rings (SSSR count). The molecule has 31 heavy (non-hydrogen) atoms. The molecule has 1 aliphatic rings. The summed E-state index contributed by atoms with van der Waals surface area (Å²) in [5.74, 6) is -0.136. The number of carbonyl (C=O) groups is 2. The summed E-state index contributed by atoms with van der Waals surface area (Å²) in [5.41, 5.74) is 1.09. The fourth-order valence-corrected chi connectivity index (χ4v) is 5.00. The van der Waals surface area contributed by atoms with Crippen molar-refractivity contribution in [3.05, 3.63) is 54.0 Å². The summed E-state index contributed by atoms with van der Waals surface area (Å²) in [5, 5.41) is 5.47. The monoisotopic (exact) mass is 447 g/mol. The number of benzene rings is 1. The summed E-state index contributed by atoms with van der Waals surface area (Å²) in [6.45, 7) is 5.32. The number of nitrogens with zero attached hydrogens (tertiary/aromatic N) is 1. The van der Waals surface area contributed by atoms with Crippen molar-refractivity contribution < 1.29 is 22.4 Å². The van der Waals surface area contributed by atoms with Gasteiger partial charge < -0.3 is 15.1 Å². The predicted molar refractivity (Wildman–Crippen MR) is 116 cm³/mol. The third kappa shape index (κ3) is 5.74. The van der Waals surface area contributed by atoms with Crippen LogP contribution in [0, 0.1) is 5.92 Å². The number of hydrogen-bond donors (Lipinski definition) is 2. The maximum Gasteiger partial charge on any atom is 0.287 e. The van der Waals surface area contributed by atoms with Crippen molar-refractivity contribution in [3.8, 4) is 0 Å². The van der Waals surface area contributed by atoms with Crippen LogP contribution in [0.3, 0.4) is 0 Å². The van der Waals surface area contributed by atoms with E-state index in [1.165, 1.54) is 10.6 Å². The molecule has 0 atom stereocenters. The van der Waals surface area contributed by atoms with Crippen LogP contribution in [0.25, 0.3) is 0 Å². The highest BCUT2D eigenvalue weighted by atomic mass is 32.2. The van der Waals surface area contributed by atoms with Gasteiger partial charge in [-0.2, -0.15) is 4.31 Å². The van der Waals surface area contributed by atoms with Gasteiger partial charge in [-0.3, -0.25) is 9.59 Å². The van der Waals surface area contributed by atoms with E-state index in [0.29, 0.717) is 38.4 Å². The molecule has 2 amide bonds. The zero-order chi connectivity index (χ0) is 22.4. The van der Waals surface area contributed by atoms with Gasteiger partial charge in [-0.25, -0.2) is 8.42 Å². The molecule has 2 heterocycles. The number of sulfonamides is 1. The molecule has 2 aromatic rings. The van der Waals surface area contributed by atoms with Gasteiger partial charge in [-0.05, 0) is 48.6 Å². The standard InChI is InChI=1S/C22H29N3O5S/c1-16(2)17-5-7-19(8-6-17)31(28,29)25-13-9-18(10-14-25)21(26)23-11-12-24-22(27)20-4-3-15-30-20/h3-8,15-16,18H,9-14H2,1-2H3,(H,23,26)(H,24,27). The van der Waals surface area contributed by atoms with Gasteiger partial charge in [0, 0.05) is 32.1 Å². The van der Waals surface area contributed by atoms with E-state index in [-0.39, 0.29) is 34.9 Å². The van der Waals surface area contributed by atoms with Crippen LogP contribution in [0.4, 0.5) is 0 Å². The van der Waals surface area contributed by atoms with Crippen LogP contribution in [0.2, 0.25) is 0 Å². The molecule has 0 unspecified atom stereocenters. The van der Waals surface area contributed by atoms with Crippen LogP contribution in [-0.4, -0.2) is 50.7 Å². The van der Waals surface area contributed by atoms with Crippen molar-refractivity contribution in [2.24, 2.45) is 5.92 Å². The second kappa shape index (κ2) is 10.1. The number of rotatable bonds is 8. The van der Waals surface area contributed by atoms with E-state index in [0.717, 1.165) is 5.56 Å². The Morgan fingerprint density at radius 3 is 2.29 bits per heavy atom. The molecule has 1 aromatic carbocycles. The maximum atomic E-state index is 12.9. The average Bonchev–Trinajstić information content (AvgIpc) is 3.31. The number of hydrogen-bond acceptors (Lipinski definition) is 5. The number of nitrogens with one attached hydrogen (secondary N) is 2. The Balaban J connectivity index is 1.44. The van der Waals surface area contributed by atoms with E-state index in [1.54, 1.807) is 24.3 Å². The molecular weight excluding hydrogens is 418 g/mol. The highest BCUT2D eigenvalue weighted by Gasteiger charge is 2.32. The van der Waals surface area contributed by atoms with E-state index < -0.39 is 10.0 Å². The van der Waals surface area contributed by atoms with Crippen LogP contribution in [0.5, 0.6) is 0 Å². The first kappa shape index (κ1) is 23.0. The Labute approximate surface area is 183 Å². The zero-order valence-electron chi connectivity index (χ0n) is 17.8. The Morgan fingerprint density at radius 2 is 1.71 bits per heavy atom. The van der Waals surface area contributed by atoms with Crippen molar-refractivity contribution >= 4 is 21.8 Å². The van der Waals surface area contributed by atoms with E-state index in [4.69, 9.17) is 4.42 Å². The summed E-state index contributed by atoms with van der Waals surface area (Å²) >= 11 is 0. The van der Waals surface area contributed by atoms with E-state index >= 15 is 0 Å². The lowest BCUT2D eigenvalue weighted by Crippen LogP contribution is -2.44. The molecule has 1 aromatic heterocycles.